The zero-order chi connectivity index (χ0) is 20.7. The maximum absolute atomic E-state index is 13.2. The molecule has 2 aromatic carbocycles. The number of hydrogen-bond acceptors (Lipinski definition) is 5. The lowest BCUT2D eigenvalue weighted by atomic mass is 10.0. The molecule has 3 aromatic rings. The van der Waals surface area contributed by atoms with E-state index in [1.54, 1.807) is 12.3 Å². The van der Waals surface area contributed by atoms with Gasteiger partial charge in [0.25, 0.3) is 0 Å². The third kappa shape index (κ3) is 6.37. The summed E-state index contributed by atoms with van der Waals surface area (Å²) >= 11 is 1.35. The van der Waals surface area contributed by atoms with E-state index in [2.05, 4.69) is 9.71 Å². The van der Waals surface area contributed by atoms with Crippen LogP contribution in [0.1, 0.15) is 5.56 Å². The van der Waals surface area contributed by atoms with E-state index < -0.39 is 28.0 Å². The predicted octanol–water partition coefficient (Wildman–Crippen LogP) is 3.26. The van der Waals surface area contributed by atoms with Gasteiger partial charge in [-0.3, -0.25) is 0 Å². The molecule has 1 heterocycles. The Balaban J connectivity index is 1.77. The van der Waals surface area contributed by atoms with E-state index in [1.807, 2.05) is 42.5 Å². The Hall–Kier alpha value is -2.26. The van der Waals surface area contributed by atoms with Gasteiger partial charge < -0.3 is 5.11 Å². The summed E-state index contributed by atoms with van der Waals surface area (Å²) in [5, 5.41) is 11.5. The number of nitrogens with zero attached hydrogens (tertiary/aromatic N) is 1. The Kier molecular flexibility index (Phi) is 7.38. The van der Waals surface area contributed by atoms with E-state index in [-0.39, 0.29) is 10.6 Å². The molecule has 8 heteroatoms. The molecule has 0 bridgehead atoms. The van der Waals surface area contributed by atoms with Gasteiger partial charge in [-0.15, -0.1) is 11.8 Å². The molecule has 0 fully saturated rings. The number of nitrogens with one attached hydrogen (secondary N) is 1. The molecule has 29 heavy (non-hydrogen) atoms. The molecule has 0 spiro atoms. The third-order valence-electron chi connectivity index (χ3n) is 4.23. The summed E-state index contributed by atoms with van der Waals surface area (Å²) in [5.74, 6) is -0.253. The van der Waals surface area contributed by atoms with E-state index in [1.165, 1.54) is 23.9 Å². The number of pyridine rings is 1. The smallest absolute Gasteiger partial charge is 0.240 e. The van der Waals surface area contributed by atoms with Crippen LogP contribution in [0.2, 0.25) is 0 Å². The van der Waals surface area contributed by atoms with Gasteiger partial charge >= 0.3 is 0 Å². The molecule has 0 aliphatic carbocycles. The lowest BCUT2D eigenvalue weighted by Crippen LogP contribution is -2.45. The van der Waals surface area contributed by atoms with Crippen LogP contribution in [0.5, 0.6) is 0 Å². The lowest BCUT2D eigenvalue weighted by Gasteiger charge is -2.24. The molecule has 0 saturated carbocycles. The molecule has 3 rings (SSSR count). The van der Waals surface area contributed by atoms with Gasteiger partial charge in [0, 0.05) is 11.9 Å². The van der Waals surface area contributed by atoms with Gasteiger partial charge in [-0.25, -0.2) is 22.5 Å². The molecule has 0 unspecified atom stereocenters. The fourth-order valence-electron chi connectivity index (χ4n) is 2.72. The second-order valence-corrected chi connectivity index (χ2v) is 9.17. The minimum atomic E-state index is -3.93. The Morgan fingerprint density at radius 1 is 1.00 bits per heavy atom. The predicted molar refractivity (Wildman–Crippen MR) is 112 cm³/mol. The minimum Gasteiger partial charge on any atom is -0.391 e. The maximum atomic E-state index is 13.2. The van der Waals surface area contributed by atoms with Gasteiger partial charge in [0.1, 0.15) is 5.82 Å². The molecular weight excluding hydrogens is 411 g/mol. The Labute approximate surface area is 174 Å². The van der Waals surface area contributed by atoms with Crippen molar-refractivity contribution in [2.45, 2.75) is 28.5 Å². The third-order valence-corrected chi connectivity index (χ3v) is 6.78. The zero-order valence-corrected chi connectivity index (χ0v) is 17.1. The largest absolute Gasteiger partial charge is 0.391 e. The van der Waals surface area contributed by atoms with Crippen molar-refractivity contribution < 1.29 is 17.9 Å². The van der Waals surface area contributed by atoms with Gasteiger partial charge in [-0.2, -0.15) is 0 Å². The number of benzene rings is 2. The Morgan fingerprint density at radius 3 is 2.34 bits per heavy atom. The van der Waals surface area contributed by atoms with Crippen LogP contribution in [0.15, 0.2) is 88.9 Å². The van der Waals surface area contributed by atoms with Gasteiger partial charge in [-0.05, 0) is 48.4 Å². The molecule has 0 aliphatic heterocycles. The average molecular weight is 433 g/mol. The fraction of sp³-hybridized carbons (Fsp3) is 0.190. The van der Waals surface area contributed by atoms with Gasteiger partial charge in [-0.1, -0.05) is 36.4 Å². The number of rotatable bonds is 9. The highest BCUT2D eigenvalue weighted by molar-refractivity contribution is 7.99. The quantitative estimate of drug-likeness (QED) is 0.508. The highest BCUT2D eigenvalue weighted by Crippen LogP contribution is 2.19. The summed E-state index contributed by atoms with van der Waals surface area (Å²) in [5.41, 5.74) is 0.890. The second kappa shape index (κ2) is 9.98. The highest BCUT2D eigenvalue weighted by atomic mass is 32.2. The summed E-state index contributed by atoms with van der Waals surface area (Å²) in [7, 11) is -3.93. The molecule has 1 aromatic heterocycles. The monoisotopic (exact) mass is 432 g/mol. The summed E-state index contributed by atoms with van der Waals surface area (Å²) in [6.07, 6.45) is 1.01. The van der Waals surface area contributed by atoms with Crippen LogP contribution >= 0.6 is 11.8 Å². The van der Waals surface area contributed by atoms with Crippen LogP contribution in [-0.4, -0.2) is 36.4 Å². The molecule has 5 nitrogen and oxygen atoms in total. The molecule has 0 aliphatic rings. The summed E-state index contributed by atoms with van der Waals surface area (Å²) in [6, 6.07) is 18.6. The lowest BCUT2D eigenvalue weighted by molar-refractivity contribution is 0.160. The number of hydrogen-bond donors (Lipinski definition) is 2. The SMILES string of the molecule is O=S(=O)(N[C@@H](Cc1ccccc1)[C@H](O)CSc1ccccn1)c1ccc(F)cc1. The molecule has 152 valence electrons. The first-order valence-electron chi connectivity index (χ1n) is 8.98. The molecule has 2 N–H and O–H groups in total. The first-order chi connectivity index (χ1) is 13.9. The van der Waals surface area contributed by atoms with E-state index >= 15 is 0 Å². The van der Waals surface area contributed by atoms with Crippen molar-refractivity contribution in [3.8, 4) is 0 Å². The fourth-order valence-corrected chi connectivity index (χ4v) is 4.88. The van der Waals surface area contributed by atoms with Crippen molar-refractivity contribution in [2.24, 2.45) is 0 Å². The zero-order valence-electron chi connectivity index (χ0n) is 15.5. The molecular formula is C21H21FN2O3S2. The number of aromatic nitrogens is 1. The maximum Gasteiger partial charge on any atom is 0.240 e. The van der Waals surface area contributed by atoms with Crippen LogP contribution in [0.4, 0.5) is 4.39 Å². The van der Waals surface area contributed by atoms with Crippen LogP contribution in [0, 0.1) is 5.82 Å². The Bertz CT molecular complexity index is 1000. The number of thioether (sulfide) groups is 1. The first kappa shape index (κ1) is 21.4. The van der Waals surface area contributed by atoms with E-state index in [4.69, 9.17) is 0 Å². The van der Waals surface area contributed by atoms with Crippen molar-refractivity contribution in [3.63, 3.8) is 0 Å². The minimum absolute atomic E-state index is 0.0541. The van der Waals surface area contributed by atoms with E-state index in [9.17, 15) is 17.9 Å². The van der Waals surface area contributed by atoms with Gasteiger partial charge in [0.05, 0.1) is 22.1 Å². The molecule has 0 radical (unpaired) electrons. The number of aliphatic hydroxyl groups is 1. The molecule has 0 saturated heterocycles. The highest BCUT2D eigenvalue weighted by Gasteiger charge is 2.26. The van der Waals surface area contributed by atoms with Crippen molar-refractivity contribution in [1.29, 1.82) is 0 Å². The Morgan fingerprint density at radius 2 is 1.69 bits per heavy atom. The van der Waals surface area contributed by atoms with Crippen LogP contribution in [0.25, 0.3) is 0 Å². The van der Waals surface area contributed by atoms with Gasteiger partial charge in [0.15, 0.2) is 0 Å². The summed E-state index contributed by atoms with van der Waals surface area (Å²) in [6.45, 7) is 0. The van der Waals surface area contributed by atoms with Crippen LogP contribution in [0.3, 0.4) is 0 Å². The normalized spacial score (nSPS) is 13.7. The van der Waals surface area contributed by atoms with E-state index in [0.717, 1.165) is 22.7 Å². The number of halogens is 1. The second-order valence-electron chi connectivity index (χ2n) is 6.42. The number of aliphatic hydroxyl groups excluding tert-OH is 1. The van der Waals surface area contributed by atoms with E-state index in [0.29, 0.717) is 6.42 Å². The van der Waals surface area contributed by atoms with Gasteiger partial charge in [0.2, 0.25) is 10.0 Å². The van der Waals surface area contributed by atoms with Crippen molar-refractivity contribution in [1.82, 2.24) is 9.71 Å². The topological polar surface area (TPSA) is 79.3 Å². The standard InChI is InChI=1S/C21H21FN2O3S2/c22-17-9-11-18(12-10-17)29(26,27)24-19(14-16-6-2-1-3-7-16)20(25)15-28-21-8-4-5-13-23-21/h1-13,19-20,24-25H,14-15H2/t19-,20+/m0/s1. The van der Waals surface area contributed by atoms with Crippen molar-refractivity contribution in [2.75, 3.05) is 5.75 Å². The van der Waals surface area contributed by atoms with Crippen LogP contribution < -0.4 is 4.72 Å². The first-order valence-corrected chi connectivity index (χ1v) is 11.4. The molecule has 0 amide bonds. The molecule has 2 atom stereocenters. The van der Waals surface area contributed by atoms with Crippen molar-refractivity contribution in [3.05, 3.63) is 90.4 Å². The summed E-state index contributed by atoms with van der Waals surface area (Å²) in [4.78, 5) is 4.15. The average Bonchev–Trinajstić information content (AvgIpc) is 2.73. The number of sulfonamides is 1. The van der Waals surface area contributed by atoms with Crippen LogP contribution in [-0.2, 0) is 16.4 Å². The van der Waals surface area contributed by atoms with Crippen molar-refractivity contribution >= 4 is 21.8 Å². The summed E-state index contributed by atoms with van der Waals surface area (Å²) < 4.78 is 41.2.